The SMILES string of the molecule is CN(C)CC(=O)N1CCOCC1c1nccc(Nc2ccccc2)n1. The largest absolute Gasteiger partial charge is 0.377 e. The van der Waals surface area contributed by atoms with Crippen molar-refractivity contribution in [3.63, 3.8) is 0 Å². The van der Waals surface area contributed by atoms with E-state index in [9.17, 15) is 4.79 Å². The highest BCUT2D eigenvalue weighted by atomic mass is 16.5. The lowest BCUT2D eigenvalue weighted by molar-refractivity contribution is -0.141. The summed E-state index contributed by atoms with van der Waals surface area (Å²) in [5.41, 5.74) is 0.951. The third kappa shape index (κ3) is 4.52. The third-order valence-electron chi connectivity index (χ3n) is 3.92. The monoisotopic (exact) mass is 341 g/mol. The van der Waals surface area contributed by atoms with Gasteiger partial charge >= 0.3 is 0 Å². The molecule has 1 aromatic heterocycles. The molecule has 25 heavy (non-hydrogen) atoms. The Balaban J connectivity index is 1.79. The van der Waals surface area contributed by atoms with Crippen molar-refractivity contribution in [2.24, 2.45) is 0 Å². The molecule has 1 fully saturated rings. The lowest BCUT2D eigenvalue weighted by atomic mass is 10.2. The van der Waals surface area contributed by atoms with Crippen LogP contribution >= 0.6 is 0 Å². The molecule has 1 aliphatic heterocycles. The van der Waals surface area contributed by atoms with Gasteiger partial charge in [-0.3, -0.25) is 4.79 Å². The normalized spacial score (nSPS) is 17.6. The lowest BCUT2D eigenvalue weighted by Gasteiger charge is -2.35. The number of rotatable bonds is 5. The molecule has 1 unspecified atom stereocenters. The van der Waals surface area contributed by atoms with E-state index in [0.29, 0.717) is 37.9 Å². The van der Waals surface area contributed by atoms with Crippen molar-refractivity contribution < 1.29 is 9.53 Å². The van der Waals surface area contributed by atoms with Crippen LogP contribution in [-0.4, -0.2) is 66.1 Å². The number of aromatic nitrogens is 2. The number of ether oxygens (including phenoxy) is 1. The van der Waals surface area contributed by atoms with Gasteiger partial charge in [0.25, 0.3) is 0 Å². The third-order valence-corrected chi connectivity index (χ3v) is 3.92. The molecule has 7 nitrogen and oxygen atoms in total. The summed E-state index contributed by atoms with van der Waals surface area (Å²) in [4.78, 5) is 25.2. The highest BCUT2D eigenvalue weighted by Crippen LogP contribution is 2.23. The Morgan fingerprint density at radius 2 is 2.12 bits per heavy atom. The fourth-order valence-electron chi connectivity index (χ4n) is 2.75. The molecule has 0 bridgehead atoms. The minimum Gasteiger partial charge on any atom is -0.377 e. The number of carbonyl (C=O) groups is 1. The van der Waals surface area contributed by atoms with Crippen LogP contribution < -0.4 is 5.32 Å². The summed E-state index contributed by atoms with van der Waals surface area (Å²) in [6.07, 6.45) is 1.71. The Kier molecular flexibility index (Phi) is 5.57. The van der Waals surface area contributed by atoms with E-state index >= 15 is 0 Å². The van der Waals surface area contributed by atoms with E-state index in [1.165, 1.54) is 0 Å². The first-order chi connectivity index (χ1) is 12.1. The molecule has 0 saturated carbocycles. The van der Waals surface area contributed by atoms with Gasteiger partial charge in [-0.25, -0.2) is 9.97 Å². The van der Waals surface area contributed by atoms with Gasteiger partial charge < -0.3 is 19.9 Å². The second-order valence-corrected chi connectivity index (χ2v) is 6.21. The van der Waals surface area contributed by atoms with E-state index in [2.05, 4.69) is 15.3 Å². The molecular formula is C18H23N5O2. The average molecular weight is 341 g/mol. The lowest BCUT2D eigenvalue weighted by Crippen LogP contribution is -2.47. The number of nitrogens with zero attached hydrogens (tertiary/aromatic N) is 4. The van der Waals surface area contributed by atoms with Gasteiger partial charge in [0.15, 0.2) is 5.82 Å². The summed E-state index contributed by atoms with van der Waals surface area (Å²) in [7, 11) is 3.77. The zero-order valence-electron chi connectivity index (χ0n) is 14.6. The highest BCUT2D eigenvalue weighted by molar-refractivity contribution is 5.78. The minimum atomic E-state index is -0.265. The van der Waals surface area contributed by atoms with Crippen LogP contribution in [0.2, 0.25) is 0 Å². The fraction of sp³-hybridized carbons (Fsp3) is 0.389. The minimum absolute atomic E-state index is 0.0586. The summed E-state index contributed by atoms with van der Waals surface area (Å²) in [5.74, 6) is 1.35. The van der Waals surface area contributed by atoms with Crippen LogP contribution in [0.15, 0.2) is 42.6 Å². The molecule has 2 aromatic rings. The van der Waals surface area contributed by atoms with Gasteiger partial charge in [0.2, 0.25) is 5.91 Å². The van der Waals surface area contributed by atoms with Gasteiger partial charge in [-0.1, -0.05) is 18.2 Å². The van der Waals surface area contributed by atoms with Crippen molar-refractivity contribution in [1.82, 2.24) is 19.8 Å². The molecule has 1 saturated heterocycles. The van der Waals surface area contributed by atoms with E-state index in [4.69, 9.17) is 4.74 Å². The maximum atomic E-state index is 12.5. The Labute approximate surface area is 147 Å². The van der Waals surface area contributed by atoms with E-state index < -0.39 is 0 Å². The second kappa shape index (κ2) is 8.04. The Hall–Kier alpha value is -2.51. The van der Waals surface area contributed by atoms with Crippen LogP contribution in [0, 0.1) is 0 Å². The smallest absolute Gasteiger partial charge is 0.237 e. The molecular weight excluding hydrogens is 318 g/mol. The van der Waals surface area contributed by atoms with Crippen LogP contribution in [0.25, 0.3) is 0 Å². The molecule has 132 valence electrons. The highest BCUT2D eigenvalue weighted by Gasteiger charge is 2.30. The Morgan fingerprint density at radius 1 is 1.32 bits per heavy atom. The number of benzene rings is 1. The summed E-state index contributed by atoms with van der Waals surface area (Å²) < 4.78 is 5.57. The van der Waals surface area contributed by atoms with Gasteiger partial charge in [0.05, 0.1) is 19.8 Å². The summed E-state index contributed by atoms with van der Waals surface area (Å²) >= 11 is 0. The summed E-state index contributed by atoms with van der Waals surface area (Å²) in [5, 5.41) is 3.26. The molecule has 1 atom stereocenters. The fourth-order valence-corrected chi connectivity index (χ4v) is 2.75. The second-order valence-electron chi connectivity index (χ2n) is 6.21. The molecule has 1 amide bonds. The van der Waals surface area contributed by atoms with E-state index in [1.54, 1.807) is 6.20 Å². The van der Waals surface area contributed by atoms with E-state index in [-0.39, 0.29) is 11.9 Å². The van der Waals surface area contributed by atoms with E-state index in [0.717, 1.165) is 5.69 Å². The maximum absolute atomic E-state index is 12.5. The molecule has 2 heterocycles. The van der Waals surface area contributed by atoms with Crippen molar-refractivity contribution in [2.75, 3.05) is 45.7 Å². The number of hydrogen-bond acceptors (Lipinski definition) is 6. The first-order valence-electron chi connectivity index (χ1n) is 8.30. The zero-order chi connectivity index (χ0) is 17.6. The number of morpholine rings is 1. The van der Waals surface area contributed by atoms with Gasteiger partial charge in [0.1, 0.15) is 11.9 Å². The van der Waals surface area contributed by atoms with Crippen LogP contribution in [0.1, 0.15) is 11.9 Å². The first kappa shape index (κ1) is 17.3. The molecule has 7 heteroatoms. The van der Waals surface area contributed by atoms with Crippen molar-refractivity contribution in [2.45, 2.75) is 6.04 Å². The number of carbonyl (C=O) groups excluding carboxylic acids is 1. The Bertz CT molecular complexity index is 708. The van der Waals surface area contributed by atoms with Crippen LogP contribution in [-0.2, 0) is 9.53 Å². The molecule has 0 radical (unpaired) electrons. The Morgan fingerprint density at radius 3 is 2.88 bits per heavy atom. The van der Waals surface area contributed by atoms with Crippen LogP contribution in [0.5, 0.6) is 0 Å². The molecule has 1 aliphatic rings. The van der Waals surface area contributed by atoms with Gasteiger partial charge in [-0.2, -0.15) is 0 Å². The van der Waals surface area contributed by atoms with Crippen LogP contribution in [0.4, 0.5) is 11.5 Å². The zero-order valence-corrected chi connectivity index (χ0v) is 14.6. The van der Waals surface area contributed by atoms with Gasteiger partial charge in [-0.05, 0) is 32.3 Å². The number of hydrogen-bond donors (Lipinski definition) is 1. The van der Waals surface area contributed by atoms with Crippen LogP contribution in [0.3, 0.4) is 0 Å². The number of anilines is 2. The topological polar surface area (TPSA) is 70.6 Å². The predicted molar refractivity (Wildman–Crippen MR) is 95.6 cm³/mol. The van der Waals surface area contributed by atoms with Gasteiger partial charge in [0, 0.05) is 18.4 Å². The molecule has 0 spiro atoms. The number of likely N-dealkylation sites (N-methyl/N-ethyl adjacent to an activating group) is 1. The molecule has 1 aromatic carbocycles. The number of amides is 1. The van der Waals surface area contributed by atoms with E-state index in [1.807, 2.05) is 60.3 Å². The van der Waals surface area contributed by atoms with Crippen molar-refractivity contribution in [3.05, 3.63) is 48.4 Å². The maximum Gasteiger partial charge on any atom is 0.237 e. The summed E-state index contributed by atoms with van der Waals surface area (Å²) in [6.45, 7) is 1.86. The van der Waals surface area contributed by atoms with Crippen molar-refractivity contribution in [1.29, 1.82) is 0 Å². The summed E-state index contributed by atoms with van der Waals surface area (Å²) in [6, 6.07) is 11.4. The average Bonchev–Trinajstić information content (AvgIpc) is 2.62. The van der Waals surface area contributed by atoms with Crippen molar-refractivity contribution >= 4 is 17.4 Å². The quantitative estimate of drug-likeness (QED) is 0.892. The predicted octanol–water partition coefficient (Wildman–Crippen LogP) is 1.68. The number of nitrogens with one attached hydrogen (secondary N) is 1. The van der Waals surface area contributed by atoms with Crippen molar-refractivity contribution in [3.8, 4) is 0 Å². The molecule has 1 N–H and O–H groups in total. The molecule has 3 rings (SSSR count). The first-order valence-corrected chi connectivity index (χ1v) is 8.30. The van der Waals surface area contributed by atoms with Gasteiger partial charge in [-0.15, -0.1) is 0 Å². The standard InChI is InChI=1S/C18H23N5O2/c1-22(2)12-17(24)23-10-11-25-13-15(23)18-19-9-8-16(21-18)20-14-6-4-3-5-7-14/h3-9,15H,10-13H2,1-2H3,(H,19,20,21). The molecule has 0 aliphatic carbocycles. The number of para-hydroxylation sites is 1.